The van der Waals surface area contributed by atoms with Gasteiger partial charge in [0.1, 0.15) is 11.6 Å². The molecule has 1 aliphatic rings. The largest absolute Gasteiger partial charge is 0.481 e. The minimum Gasteiger partial charge on any atom is -0.481 e. The summed E-state index contributed by atoms with van der Waals surface area (Å²) in [7, 11) is 0. The number of hydrogen-bond acceptors (Lipinski definition) is 5. The Morgan fingerprint density at radius 3 is 2.67 bits per heavy atom. The Morgan fingerprint density at radius 1 is 1.12 bits per heavy atom. The summed E-state index contributed by atoms with van der Waals surface area (Å²) in [5.74, 6) is -0.765. The molecule has 1 aliphatic heterocycles. The van der Waals surface area contributed by atoms with Gasteiger partial charge in [-0.3, -0.25) is 4.79 Å². The Labute approximate surface area is 193 Å². The highest BCUT2D eigenvalue weighted by Crippen LogP contribution is 2.29. The molecule has 6 nitrogen and oxygen atoms in total. The van der Waals surface area contributed by atoms with Gasteiger partial charge in [0.25, 0.3) is 0 Å². The molecule has 0 aliphatic carbocycles. The maximum atomic E-state index is 14.1. The maximum absolute atomic E-state index is 14.1. The van der Waals surface area contributed by atoms with Crippen LogP contribution >= 0.6 is 0 Å². The number of aliphatic carboxylic acids is 1. The zero-order valence-corrected chi connectivity index (χ0v) is 18.8. The summed E-state index contributed by atoms with van der Waals surface area (Å²) in [6.07, 6.45) is 1.74. The minimum absolute atomic E-state index is 0.0419. The molecule has 0 radical (unpaired) electrons. The van der Waals surface area contributed by atoms with E-state index in [1.54, 1.807) is 25.3 Å². The van der Waals surface area contributed by atoms with E-state index in [4.69, 9.17) is 0 Å². The van der Waals surface area contributed by atoms with Crippen LogP contribution < -0.4 is 16.0 Å². The van der Waals surface area contributed by atoms with Gasteiger partial charge in [0, 0.05) is 19.3 Å². The van der Waals surface area contributed by atoms with Crippen LogP contribution in [0.1, 0.15) is 48.4 Å². The Morgan fingerprint density at radius 2 is 1.88 bits per heavy atom. The van der Waals surface area contributed by atoms with Gasteiger partial charge in [0.15, 0.2) is 0 Å². The summed E-state index contributed by atoms with van der Waals surface area (Å²) in [5.41, 5.74) is 3.65. The van der Waals surface area contributed by atoms with Crippen molar-refractivity contribution >= 4 is 17.5 Å². The molecule has 2 heterocycles. The fourth-order valence-electron chi connectivity index (χ4n) is 4.20. The average molecular weight is 449 g/mol. The van der Waals surface area contributed by atoms with Crippen LogP contribution in [0, 0.1) is 5.82 Å². The SMILES string of the molecule is CC(C(=O)O)c1cccc([C@@H](C)CN[C@H](c2cccc(F)c2)[C@H]2CNc3cccnc3N2)c1. The highest BCUT2D eigenvalue weighted by atomic mass is 19.1. The topological polar surface area (TPSA) is 86.3 Å². The van der Waals surface area contributed by atoms with E-state index in [1.165, 1.54) is 6.07 Å². The van der Waals surface area contributed by atoms with Crippen LogP contribution in [0.2, 0.25) is 0 Å². The molecule has 172 valence electrons. The Kier molecular flexibility index (Phi) is 6.89. The Bertz CT molecular complexity index is 1120. The van der Waals surface area contributed by atoms with E-state index in [1.807, 2.05) is 42.5 Å². The van der Waals surface area contributed by atoms with Crippen molar-refractivity contribution in [3.8, 4) is 0 Å². The molecule has 4 N–H and O–H groups in total. The lowest BCUT2D eigenvalue weighted by atomic mass is 9.92. The molecule has 0 saturated heterocycles. The highest BCUT2D eigenvalue weighted by Gasteiger charge is 2.28. The summed E-state index contributed by atoms with van der Waals surface area (Å²) in [6, 6.07) is 18.0. The standard InChI is InChI=1S/C26H29FN4O2/c1-16(18-6-3-7-19(12-18)17(2)26(32)33)14-30-24(20-8-4-9-21(27)13-20)23-15-29-22-10-5-11-28-25(22)31-23/h3-13,16-17,23-24,29-30H,14-15H2,1-2H3,(H,28,31)(H,32,33)/t16-,17?,23+,24+/m0/s1. The first-order chi connectivity index (χ1) is 15.9. The number of nitrogens with one attached hydrogen (secondary N) is 3. The number of carbonyl (C=O) groups is 1. The van der Waals surface area contributed by atoms with Crippen molar-refractivity contribution in [3.05, 3.63) is 89.4 Å². The van der Waals surface area contributed by atoms with Crippen LogP contribution in [0.5, 0.6) is 0 Å². The monoisotopic (exact) mass is 448 g/mol. The second-order valence-electron chi connectivity index (χ2n) is 8.60. The van der Waals surface area contributed by atoms with Gasteiger partial charge in [0.2, 0.25) is 0 Å². The molecule has 7 heteroatoms. The zero-order valence-electron chi connectivity index (χ0n) is 18.8. The molecule has 0 amide bonds. The summed E-state index contributed by atoms with van der Waals surface area (Å²) in [5, 5.41) is 19.9. The fraction of sp³-hybridized carbons (Fsp3) is 0.308. The summed E-state index contributed by atoms with van der Waals surface area (Å²) in [6.45, 7) is 5.09. The van der Waals surface area contributed by atoms with Crippen LogP contribution in [0.15, 0.2) is 66.9 Å². The van der Waals surface area contributed by atoms with Crippen LogP contribution in [0.4, 0.5) is 15.9 Å². The van der Waals surface area contributed by atoms with E-state index >= 15 is 0 Å². The molecule has 1 unspecified atom stereocenters. The van der Waals surface area contributed by atoms with Gasteiger partial charge in [-0.2, -0.15) is 0 Å². The van der Waals surface area contributed by atoms with Crippen LogP contribution in [0.25, 0.3) is 0 Å². The van der Waals surface area contributed by atoms with Gasteiger partial charge in [-0.05, 0) is 53.8 Å². The molecule has 0 spiro atoms. The van der Waals surface area contributed by atoms with E-state index in [-0.39, 0.29) is 23.8 Å². The maximum Gasteiger partial charge on any atom is 0.310 e. The predicted octanol–water partition coefficient (Wildman–Crippen LogP) is 4.75. The molecule has 2 aromatic carbocycles. The lowest BCUT2D eigenvalue weighted by molar-refractivity contribution is -0.138. The summed E-state index contributed by atoms with van der Waals surface area (Å²) in [4.78, 5) is 15.8. The minimum atomic E-state index is -0.839. The van der Waals surface area contributed by atoms with Crippen LogP contribution in [-0.4, -0.2) is 35.2 Å². The average Bonchev–Trinajstić information content (AvgIpc) is 2.83. The molecule has 33 heavy (non-hydrogen) atoms. The van der Waals surface area contributed by atoms with Crippen LogP contribution in [-0.2, 0) is 4.79 Å². The van der Waals surface area contributed by atoms with Gasteiger partial charge in [-0.25, -0.2) is 9.37 Å². The van der Waals surface area contributed by atoms with Gasteiger partial charge < -0.3 is 21.1 Å². The number of benzene rings is 2. The number of halogens is 1. The number of nitrogens with zero attached hydrogens (tertiary/aromatic N) is 1. The van der Waals surface area contributed by atoms with Crippen molar-refractivity contribution in [3.63, 3.8) is 0 Å². The molecule has 4 atom stereocenters. The molecule has 0 fully saturated rings. The van der Waals surface area contributed by atoms with Crippen molar-refractivity contribution in [1.82, 2.24) is 10.3 Å². The number of pyridine rings is 1. The lowest BCUT2D eigenvalue weighted by Crippen LogP contribution is -2.45. The van der Waals surface area contributed by atoms with E-state index in [9.17, 15) is 14.3 Å². The molecule has 0 bridgehead atoms. The third-order valence-electron chi connectivity index (χ3n) is 6.25. The molecule has 3 aromatic rings. The quantitative estimate of drug-likeness (QED) is 0.398. The smallest absolute Gasteiger partial charge is 0.310 e. The van der Waals surface area contributed by atoms with E-state index in [0.29, 0.717) is 13.1 Å². The fourth-order valence-corrected chi connectivity index (χ4v) is 4.20. The molecular weight excluding hydrogens is 419 g/mol. The van der Waals surface area contributed by atoms with E-state index in [0.717, 1.165) is 28.2 Å². The van der Waals surface area contributed by atoms with Crippen molar-refractivity contribution < 1.29 is 14.3 Å². The first-order valence-electron chi connectivity index (χ1n) is 11.2. The molecular formula is C26H29FN4O2. The van der Waals surface area contributed by atoms with Gasteiger partial charge in [-0.15, -0.1) is 0 Å². The summed E-state index contributed by atoms with van der Waals surface area (Å²) >= 11 is 0. The number of carboxylic acid groups (broad SMARTS) is 1. The third-order valence-corrected chi connectivity index (χ3v) is 6.25. The number of aromatic nitrogens is 1. The van der Waals surface area contributed by atoms with Crippen molar-refractivity contribution in [1.29, 1.82) is 0 Å². The van der Waals surface area contributed by atoms with E-state index in [2.05, 4.69) is 27.9 Å². The lowest BCUT2D eigenvalue weighted by Gasteiger charge is -2.35. The van der Waals surface area contributed by atoms with Crippen molar-refractivity contribution in [2.75, 3.05) is 23.7 Å². The summed E-state index contributed by atoms with van der Waals surface area (Å²) < 4.78 is 14.1. The third kappa shape index (κ3) is 5.31. The van der Waals surface area contributed by atoms with Crippen molar-refractivity contribution in [2.45, 2.75) is 37.8 Å². The highest BCUT2D eigenvalue weighted by molar-refractivity contribution is 5.75. The normalized spacial score (nSPS) is 17.7. The number of hydrogen-bond donors (Lipinski definition) is 4. The predicted molar refractivity (Wildman–Crippen MR) is 128 cm³/mol. The van der Waals surface area contributed by atoms with E-state index < -0.39 is 11.9 Å². The second kappa shape index (κ2) is 10.0. The Hall–Kier alpha value is -3.45. The first-order valence-corrected chi connectivity index (χ1v) is 11.2. The number of carboxylic acids is 1. The Balaban J connectivity index is 1.53. The second-order valence-corrected chi connectivity index (χ2v) is 8.60. The number of rotatable bonds is 8. The number of fused-ring (bicyclic) bond motifs is 1. The van der Waals surface area contributed by atoms with Crippen molar-refractivity contribution in [2.24, 2.45) is 0 Å². The zero-order chi connectivity index (χ0) is 23.4. The molecule has 0 saturated carbocycles. The number of anilines is 2. The van der Waals surface area contributed by atoms with Gasteiger partial charge in [-0.1, -0.05) is 43.3 Å². The molecule has 4 rings (SSSR count). The van der Waals surface area contributed by atoms with Gasteiger partial charge in [0.05, 0.1) is 23.7 Å². The first kappa shape index (κ1) is 22.7. The molecule has 1 aromatic heterocycles. The van der Waals surface area contributed by atoms with Crippen LogP contribution in [0.3, 0.4) is 0 Å². The van der Waals surface area contributed by atoms with Gasteiger partial charge >= 0.3 is 5.97 Å².